The van der Waals surface area contributed by atoms with E-state index in [1.807, 2.05) is 11.3 Å². The lowest BCUT2D eigenvalue weighted by Crippen LogP contribution is -2.37. The second-order valence-electron chi connectivity index (χ2n) is 6.31. The second-order valence-corrected chi connectivity index (χ2v) is 7.37. The minimum Gasteiger partial charge on any atom is -0.348 e. The lowest BCUT2D eigenvalue weighted by atomic mass is 9.92. The van der Waals surface area contributed by atoms with Gasteiger partial charge in [-0.3, -0.25) is 0 Å². The summed E-state index contributed by atoms with van der Waals surface area (Å²) in [6, 6.07) is 1.50. The number of thiazole rings is 1. The van der Waals surface area contributed by atoms with Gasteiger partial charge in [0.25, 0.3) is 0 Å². The Morgan fingerprint density at radius 1 is 1.32 bits per heavy atom. The van der Waals surface area contributed by atoms with E-state index in [0.717, 1.165) is 18.6 Å². The Hall–Kier alpha value is -0.610. The van der Waals surface area contributed by atoms with E-state index in [9.17, 15) is 0 Å². The van der Waals surface area contributed by atoms with Gasteiger partial charge in [0.1, 0.15) is 0 Å². The van der Waals surface area contributed by atoms with Gasteiger partial charge in [0.05, 0.1) is 5.69 Å². The predicted octanol–water partition coefficient (Wildman–Crippen LogP) is 3.51. The van der Waals surface area contributed by atoms with Crippen LogP contribution in [0.5, 0.6) is 0 Å². The molecule has 0 spiro atoms. The van der Waals surface area contributed by atoms with Crippen LogP contribution in [0, 0.1) is 0 Å². The van der Waals surface area contributed by atoms with Crippen molar-refractivity contribution >= 4 is 16.5 Å². The maximum absolute atomic E-state index is 4.92. The monoisotopic (exact) mass is 279 g/mol. The number of anilines is 1. The summed E-state index contributed by atoms with van der Waals surface area (Å²) in [5.74, 6) is 0.524. The molecule has 3 rings (SSSR count). The first-order valence-corrected chi connectivity index (χ1v) is 8.42. The number of aromatic nitrogens is 1. The SMILES string of the molecule is CC(C)c1nc(N(C)C2CCC2)sc1CNC1CC1. The van der Waals surface area contributed by atoms with Gasteiger partial charge in [0, 0.05) is 30.6 Å². The van der Waals surface area contributed by atoms with Crippen LogP contribution in [0.15, 0.2) is 0 Å². The Bertz CT molecular complexity index is 433. The summed E-state index contributed by atoms with van der Waals surface area (Å²) in [6.07, 6.45) is 6.76. The van der Waals surface area contributed by atoms with E-state index in [4.69, 9.17) is 4.98 Å². The van der Waals surface area contributed by atoms with Gasteiger partial charge in [0.2, 0.25) is 0 Å². The summed E-state index contributed by atoms with van der Waals surface area (Å²) in [5.41, 5.74) is 1.30. The fourth-order valence-electron chi connectivity index (χ4n) is 2.53. The highest BCUT2D eigenvalue weighted by atomic mass is 32.1. The highest BCUT2D eigenvalue weighted by molar-refractivity contribution is 7.15. The van der Waals surface area contributed by atoms with Gasteiger partial charge < -0.3 is 10.2 Å². The van der Waals surface area contributed by atoms with Crippen molar-refractivity contribution in [2.45, 2.75) is 70.5 Å². The molecular formula is C15H25N3S. The largest absolute Gasteiger partial charge is 0.348 e. The molecule has 2 aliphatic rings. The zero-order valence-corrected chi connectivity index (χ0v) is 13.1. The zero-order valence-electron chi connectivity index (χ0n) is 12.3. The summed E-state index contributed by atoms with van der Waals surface area (Å²) in [6.45, 7) is 5.51. The first-order valence-electron chi connectivity index (χ1n) is 7.61. The smallest absolute Gasteiger partial charge is 0.185 e. The molecule has 106 valence electrons. The van der Waals surface area contributed by atoms with Crippen LogP contribution >= 0.6 is 11.3 Å². The van der Waals surface area contributed by atoms with Crippen molar-refractivity contribution in [3.05, 3.63) is 10.6 Å². The number of nitrogens with one attached hydrogen (secondary N) is 1. The molecule has 0 bridgehead atoms. The average Bonchev–Trinajstić information content (AvgIpc) is 3.02. The molecule has 2 fully saturated rings. The van der Waals surface area contributed by atoms with Crippen molar-refractivity contribution in [2.24, 2.45) is 0 Å². The fourth-order valence-corrected chi connectivity index (χ4v) is 3.73. The first kappa shape index (κ1) is 13.4. The van der Waals surface area contributed by atoms with E-state index in [0.29, 0.717) is 5.92 Å². The Morgan fingerprint density at radius 3 is 2.58 bits per heavy atom. The van der Waals surface area contributed by atoms with Gasteiger partial charge in [-0.05, 0) is 38.0 Å². The molecule has 0 atom stereocenters. The van der Waals surface area contributed by atoms with Gasteiger partial charge in [0.15, 0.2) is 5.13 Å². The molecule has 19 heavy (non-hydrogen) atoms. The van der Waals surface area contributed by atoms with Crippen molar-refractivity contribution in [3.63, 3.8) is 0 Å². The lowest BCUT2D eigenvalue weighted by molar-refractivity contribution is 0.400. The zero-order chi connectivity index (χ0) is 13.4. The molecule has 3 nitrogen and oxygen atoms in total. The van der Waals surface area contributed by atoms with E-state index in [-0.39, 0.29) is 0 Å². The Morgan fingerprint density at radius 2 is 2.05 bits per heavy atom. The van der Waals surface area contributed by atoms with Crippen LogP contribution in [-0.4, -0.2) is 24.1 Å². The lowest BCUT2D eigenvalue weighted by Gasteiger charge is -2.34. The summed E-state index contributed by atoms with van der Waals surface area (Å²) < 4.78 is 0. The Balaban J connectivity index is 1.74. The van der Waals surface area contributed by atoms with Crippen molar-refractivity contribution in [1.29, 1.82) is 0 Å². The second kappa shape index (κ2) is 5.41. The minimum atomic E-state index is 0.524. The quantitative estimate of drug-likeness (QED) is 0.864. The van der Waals surface area contributed by atoms with Crippen LogP contribution in [-0.2, 0) is 6.54 Å². The molecule has 1 heterocycles. The molecule has 1 N–H and O–H groups in total. The molecule has 2 saturated carbocycles. The van der Waals surface area contributed by atoms with Crippen LogP contribution < -0.4 is 10.2 Å². The molecule has 0 unspecified atom stereocenters. The normalized spacial score (nSPS) is 19.8. The van der Waals surface area contributed by atoms with Crippen LogP contribution in [0.2, 0.25) is 0 Å². The van der Waals surface area contributed by atoms with Crippen LogP contribution in [0.25, 0.3) is 0 Å². The van der Waals surface area contributed by atoms with Gasteiger partial charge in [-0.1, -0.05) is 13.8 Å². The van der Waals surface area contributed by atoms with E-state index in [2.05, 4.69) is 31.1 Å². The number of hydrogen-bond acceptors (Lipinski definition) is 4. The molecular weight excluding hydrogens is 254 g/mol. The van der Waals surface area contributed by atoms with Crippen molar-refractivity contribution in [1.82, 2.24) is 10.3 Å². The molecule has 1 aromatic heterocycles. The van der Waals surface area contributed by atoms with E-state index in [1.165, 1.54) is 47.8 Å². The van der Waals surface area contributed by atoms with Crippen LogP contribution in [0.3, 0.4) is 0 Å². The number of rotatable bonds is 6. The van der Waals surface area contributed by atoms with E-state index in [1.54, 1.807) is 0 Å². The number of nitrogens with zero attached hydrogens (tertiary/aromatic N) is 2. The first-order chi connectivity index (χ1) is 9.15. The Kier molecular flexibility index (Phi) is 3.81. The fraction of sp³-hybridized carbons (Fsp3) is 0.800. The third-order valence-electron chi connectivity index (χ3n) is 4.32. The van der Waals surface area contributed by atoms with Gasteiger partial charge in [-0.25, -0.2) is 4.98 Å². The molecule has 1 aromatic rings. The third-order valence-corrected chi connectivity index (χ3v) is 5.48. The highest BCUT2D eigenvalue weighted by Gasteiger charge is 2.26. The Labute approximate surface area is 120 Å². The highest BCUT2D eigenvalue weighted by Crippen LogP contribution is 2.35. The van der Waals surface area contributed by atoms with Crippen molar-refractivity contribution in [3.8, 4) is 0 Å². The van der Waals surface area contributed by atoms with Crippen LogP contribution in [0.4, 0.5) is 5.13 Å². The molecule has 0 aromatic carbocycles. The molecule has 0 radical (unpaired) electrons. The van der Waals surface area contributed by atoms with Gasteiger partial charge in [-0.2, -0.15) is 0 Å². The summed E-state index contributed by atoms with van der Waals surface area (Å²) in [5, 5.41) is 4.85. The van der Waals surface area contributed by atoms with Gasteiger partial charge >= 0.3 is 0 Å². The standard InChI is InChI=1S/C15H25N3S/c1-10(2)14-13(9-16-11-7-8-11)19-15(17-14)18(3)12-5-4-6-12/h10-12,16H,4-9H2,1-3H3. The third kappa shape index (κ3) is 2.95. The summed E-state index contributed by atoms with van der Waals surface area (Å²) in [7, 11) is 2.21. The van der Waals surface area contributed by atoms with E-state index >= 15 is 0 Å². The van der Waals surface area contributed by atoms with Gasteiger partial charge in [-0.15, -0.1) is 11.3 Å². The molecule has 4 heteroatoms. The average molecular weight is 279 g/mol. The minimum absolute atomic E-state index is 0.524. The molecule has 2 aliphatic carbocycles. The topological polar surface area (TPSA) is 28.2 Å². The molecule has 0 saturated heterocycles. The number of hydrogen-bond donors (Lipinski definition) is 1. The maximum atomic E-state index is 4.92. The molecule has 0 aliphatic heterocycles. The van der Waals surface area contributed by atoms with Crippen molar-refractivity contribution in [2.75, 3.05) is 11.9 Å². The predicted molar refractivity (Wildman–Crippen MR) is 82.1 cm³/mol. The van der Waals surface area contributed by atoms with Crippen LogP contribution in [0.1, 0.15) is 62.4 Å². The van der Waals surface area contributed by atoms with E-state index < -0.39 is 0 Å². The van der Waals surface area contributed by atoms with Crippen molar-refractivity contribution < 1.29 is 0 Å². The maximum Gasteiger partial charge on any atom is 0.185 e. The summed E-state index contributed by atoms with van der Waals surface area (Å²) >= 11 is 1.90. The summed E-state index contributed by atoms with van der Waals surface area (Å²) in [4.78, 5) is 8.77. The molecule has 0 amide bonds.